The number of nitrogens with one attached hydrogen (secondary N) is 2. The number of hydrazine groups is 1. The van der Waals surface area contributed by atoms with Gasteiger partial charge in [-0.2, -0.15) is 13.2 Å². The van der Waals surface area contributed by atoms with Gasteiger partial charge in [-0.1, -0.05) is 6.07 Å². The first-order valence-electron chi connectivity index (χ1n) is 8.87. The van der Waals surface area contributed by atoms with Crippen molar-refractivity contribution in [3.63, 3.8) is 0 Å². The van der Waals surface area contributed by atoms with Gasteiger partial charge in [0.25, 0.3) is 5.91 Å². The molecule has 158 valence electrons. The summed E-state index contributed by atoms with van der Waals surface area (Å²) in [6.07, 6.45) is -3.00. The van der Waals surface area contributed by atoms with Crippen molar-refractivity contribution in [2.75, 3.05) is 11.6 Å². The lowest BCUT2D eigenvalue weighted by Crippen LogP contribution is -2.50. The van der Waals surface area contributed by atoms with E-state index < -0.39 is 18.7 Å². The van der Waals surface area contributed by atoms with Crippen molar-refractivity contribution in [1.29, 1.82) is 0 Å². The lowest BCUT2D eigenvalue weighted by atomic mass is 10.1. The molecule has 1 fully saturated rings. The predicted molar refractivity (Wildman–Crippen MR) is 98.3 cm³/mol. The summed E-state index contributed by atoms with van der Waals surface area (Å²) in [5.41, 5.74) is 3.40. The van der Waals surface area contributed by atoms with Crippen LogP contribution in [0.15, 0.2) is 42.6 Å². The van der Waals surface area contributed by atoms with E-state index in [1.54, 1.807) is 0 Å². The van der Waals surface area contributed by atoms with Crippen molar-refractivity contribution in [1.82, 2.24) is 15.7 Å². The third-order valence-electron chi connectivity index (χ3n) is 4.10. The van der Waals surface area contributed by atoms with Gasteiger partial charge >= 0.3 is 6.18 Å². The Morgan fingerprint density at radius 3 is 2.60 bits per heavy atom. The molecule has 1 aliphatic rings. The molecule has 0 atom stereocenters. The van der Waals surface area contributed by atoms with Gasteiger partial charge in [0.15, 0.2) is 6.61 Å². The van der Waals surface area contributed by atoms with Gasteiger partial charge in [-0.25, -0.2) is 9.99 Å². The minimum absolute atomic E-state index is 0.0950. The normalized spacial score (nSPS) is 14.3. The number of carbonyl (C=O) groups excluding carboxylic acids is 3. The number of halogens is 3. The zero-order valence-corrected chi connectivity index (χ0v) is 15.5. The van der Waals surface area contributed by atoms with E-state index in [1.165, 1.54) is 42.6 Å². The molecule has 0 radical (unpaired) electrons. The highest BCUT2D eigenvalue weighted by atomic mass is 19.4. The number of carbonyl (C=O) groups is 3. The fourth-order valence-electron chi connectivity index (χ4n) is 2.66. The van der Waals surface area contributed by atoms with Crippen molar-refractivity contribution >= 4 is 23.4 Å². The zero-order valence-electron chi connectivity index (χ0n) is 15.5. The van der Waals surface area contributed by atoms with Crippen LogP contribution in [0.2, 0.25) is 0 Å². The molecule has 0 spiro atoms. The number of hydrogen-bond donors (Lipinski definition) is 2. The molecule has 1 saturated heterocycles. The third kappa shape index (κ3) is 5.46. The first-order valence-corrected chi connectivity index (χ1v) is 8.87. The van der Waals surface area contributed by atoms with Crippen LogP contribution in [0.5, 0.6) is 5.88 Å². The van der Waals surface area contributed by atoms with E-state index in [0.29, 0.717) is 5.69 Å². The van der Waals surface area contributed by atoms with Gasteiger partial charge < -0.3 is 10.1 Å². The molecule has 0 aliphatic carbocycles. The molecule has 1 aromatic carbocycles. The Morgan fingerprint density at radius 1 is 1.17 bits per heavy atom. The second-order valence-electron chi connectivity index (χ2n) is 6.37. The fraction of sp³-hybridized carbons (Fsp3) is 0.263. The lowest BCUT2D eigenvalue weighted by Gasteiger charge is -2.27. The molecule has 8 nitrogen and oxygen atoms in total. The molecule has 0 unspecified atom stereocenters. The highest BCUT2D eigenvalue weighted by Gasteiger charge is 2.29. The van der Waals surface area contributed by atoms with Crippen LogP contribution in [0, 0.1) is 0 Å². The summed E-state index contributed by atoms with van der Waals surface area (Å²) in [6.45, 7) is -1.58. The van der Waals surface area contributed by atoms with Gasteiger partial charge in [0.2, 0.25) is 17.7 Å². The number of rotatable bonds is 6. The molecule has 0 saturated carbocycles. The summed E-state index contributed by atoms with van der Waals surface area (Å²) in [7, 11) is 0. The van der Waals surface area contributed by atoms with E-state index >= 15 is 0 Å². The Morgan fingerprint density at radius 2 is 1.90 bits per heavy atom. The largest absolute Gasteiger partial charge is 0.468 e. The molecule has 0 bridgehead atoms. The summed E-state index contributed by atoms with van der Waals surface area (Å²) >= 11 is 0. The number of amides is 3. The van der Waals surface area contributed by atoms with Gasteiger partial charge in [0.1, 0.15) is 0 Å². The molecule has 1 aliphatic heterocycles. The SMILES string of the molecule is O=C1CCC(=O)N(c2ccc(C(=O)NCc3cccnc3OCC(F)(F)F)cc2)N1. The summed E-state index contributed by atoms with van der Waals surface area (Å²) in [6, 6.07) is 8.93. The molecular formula is C19H17F3N4O4. The Bertz CT molecular complexity index is 948. The standard InChI is InChI=1S/C19H17F3N4O4/c20-19(21,22)11-30-18-13(2-1-9-23-18)10-24-17(29)12-3-5-14(6-4-12)26-16(28)8-7-15(27)25-26/h1-6,9H,7-8,10-11H2,(H,24,29)(H,25,27). The first kappa shape index (κ1) is 21.1. The number of nitrogens with zero attached hydrogens (tertiary/aromatic N) is 2. The lowest BCUT2D eigenvalue weighted by molar-refractivity contribution is -0.154. The molecule has 3 amide bonds. The van der Waals surface area contributed by atoms with E-state index in [9.17, 15) is 27.6 Å². The Balaban J connectivity index is 1.62. The third-order valence-corrected chi connectivity index (χ3v) is 4.10. The van der Waals surface area contributed by atoms with Crippen LogP contribution in [0.1, 0.15) is 28.8 Å². The highest BCUT2D eigenvalue weighted by molar-refractivity contribution is 6.01. The zero-order chi connectivity index (χ0) is 21.7. The molecule has 1 aromatic heterocycles. The van der Waals surface area contributed by atoms with Crippen LogP contribution >= 0.6 is 0 Å². The van der Waals surface area contributed by atoms with E-state index in [2.05, 4.69) is 20.5 Å². The molecule has 11 heteroatoms. The number of hydrogen-bond acceptors (Lipinski definition) is 5. The molecular weight excluding hydrogens is 405 g/mol. The average Bonchev–Trinajstić information content (AvgIpc) is 2.72. The van der Waals surface area contributed by atoms with Crippen molar-refractivity contribution in [2.24, 2.45) is 0 Å². The summed E-state index contributed by atoms with van der Waals surface area (Å²) in [4.78, 5) is 39.5. The van der Waals surface area contributed by atoms with Gasteiger partial charge in [0, 0.05) is 36.7 Å². The van der Waals surface area contributed by atoms with E-state index in [0.717, 1.165) is 5.01 Å². The summed E-state index contributed by atoms with van der Waals surface area (Å²) in [5, 5.41) is 3.70. The number of ether oxygens (including phenoxy) is 1. The topological polar surface area (TPSA) is 101 Å². The number of pyridine rings is 1. The predicted octanol–water partition coefficient (Wildman–Crippen LogP) is 2.11. The number of alkyl halides is 3. The van der Waals surface area contributed by atoms with Crippen molar-refractivity contribution in [3.8, 4) is 5.88 Å². The van der Waals surface area contributed by atoms with Crippen LogP contribution < -0.4 is 20.5 Å². The van der Waals surface area contributed by atoms with Gasteiger partial charge in [-0.3, -0.25) is 19.8 Å². The smallest absolute Gasteiger partial charge is 0.422 e. The highest BCUT2D eigenvalue weighted by Crippen LogP contribution is 2.21. The maximum atomic E-state index is 12.4. The Labute approximate surface area is 169 Å². The van der Waals surface area contributed by atoms with Crippen LogP contribution in [-0.4, -0.2) is 35.5 Å². The minimum Gasteiger partial charge on any atom is -0.468 e. The fourth-order valence-corrected chi connectivity index (χ4v) is 2.66. The maximum absolute atomic E-state index is 12.4. The van der Waals surface area contributed by atoms with Crippen LogP contribution in [0.3, 0.4) is 0 Å². The minimum atomic E-state index is -4.50. The van der Waals surface area contributed by atoms with Crippen LogP contribution in [0.25, 0.3) is 0 Å². The first-order chi connectivity index (χ1) is 14.2. The quantitative estimate of drug-likeness (QED) is 0.743. The summed E-state index contributed by atoms with van der Waals surface area (Å²) in [5.74, 6) is -1.25. The number of anilines is 1. The molecule has 2 N–H and O–H groups in total. The van der Waals surface area contributed by atoms with E-state index in [1.807, 2.05) is 0 Å². The molecule has 3 rings (SSSR count). The maximum Gasteiger partial charge on any atom is 0.422 e. The van der Waals surface area contributed by atoms with Gasteiger partial charge in [0.05, 0.1) is 5.69 Å². The van der Waals surface area contributed by atoms with Crippen molar-refractivity contribution < 1.29 is 32.3 Å². The van der Waals surface area contributed by atoms with E-state index in [4.69, 9.17) is 0 Å². The van der Waals surface area contributed by atoms with Crippen molar-refractivity contribution in [3.05, 3.63) is 53.7 Å². The number of benzene rings is 1. The average molecular weight is 422 g/mol. The Hall–Kier alpha value is -3.63. The van der Waals surface area contributed by atoms with Crippen molar-refractivity contribution in [2.45, 2.75) is 25.6 Å². The van der Waals surface area contributed by atoms with E-state index in [-0.39, 0.29) is 48.2 Å². The Kier molecular flexibility index (Phi) is 6.19. The second-order valence-corrected chi connectivity index (χ2v) is 6.37. The molecule has 30 heavy (non-hydrogen) atoms. The molecule has 2 heterocycles. The van der Waals surface area contributed by atoms with Crippen LogP contribution in [0.4, 0.5) is 18.9 Å². The second kappa shape index (κ2) is 8.80. The van der Waals surface area contributed by atoms with Gasteiger partial charge in [-0.15, -0.1) is 0 Å². The molecule has 2 aromatic rings. The monoisotopic (exact) mass is 422 g/mol. The van der Waals surface area contributed by atoms with Gasteiger partial charge in [-0.05, 0) is 30.3 Å². The van der Waals surface area contributed by atoms with Crippen LogP contribution in [-0.2, 0) is 16.1 Å². The summed E-state index contributed by atoms with van der Waals surface area (Å²) < 4.78 is 41.7. The number of aromatic nitrogens is 1.